The average Bonchev–Trinajstić information content (AvgIpc) is 2.40. The molecule has 0 atom stereocenters. The van der Waals surface area contributed by atoms with Crippen molar-refractivity contribution in [1.82, 2.24) is 5.32 Å². The van der Waals surface area contributed by atoms with E-state index in [-0.39, 0.29) is 11.8 Å². The Morgan fingerprint density at radius 3 is 2.58 bits per heavy atom. The van der Waals surface area contributed by atoms with Crippen molar-refractivity contribution in [3.63, 3.8) is 0 Å². The first-order chi connectivity index (χ1) is 9.06. The highest BCUT2D eigenvalue weighted by molar-refractivity contribution is 6.33. The van der Waals surface area contributed by atoms with Gasteiger partial charge in [0.15, 0.2) is 0 Å². The maximum Gasteiger partial charge on any atom is 0.220 e. The number of hydrogen-bond donors (Lipinski definition) is 2. The van der Waals surface area contributed by atoms with E-state index in [9.17, 15) is 4.79 Å². The van der Waals surface area contributed by atoms with Crippen LogP contribution in [-0.2, 0) is 11.3 Å². The third-order valence-electron chi connectivity index (χ3n) is 3.72. The highest BCUT2D eigenvalue weighted by atomic mass is 35.5. The van der Waals surface area contributed by atoms with Gasteiger partial charge in [0, 0.05) is 28.5 Å². The highest BCUT2D eigenvalue weighted by Gasteiger charge is 2.24. The van der Waals surface area contributed by atoms with Crippen LogP contribution in [-0.4, -0.2) is 11.9 Å². The molecule has 0 aliphatic heterocycles. The van der Waals surface area contributed by atoms with Crippen LogP contribution in [0.2, 0.25) is 10.0 Å². The van der Waals surface area contributed by atoms with E-state index in [1.807, 2.05) is 12.1 Å². The van der Waals surface area contributed by atoms with Gasteiger partial charge in [0.2, 0.25) is 5.91 Å². The van der Waals surface area contributed by atoms with Gasteiger partial charge in [0.1, 0.15) is 0 Å². The fraction of sp³-hybridized carbons (Fsp3) is 0.500. The lowest BCUT2D eigenvalue weighted by atomic mass is 9.85. The van der Waals surface area contributed by atoms with E-state index in [1.54, 1.807) is 6.07 Å². The zero-order chi connectivity index (χ0) is 13.8. The molecule has 0 saturated heterocycles. The summed E-state index contributed by atoms with van der Waals surface area (Å²) in [6.45, 7) is 0.700. The number of carbonyl (C=O) groups excluding carboxylic acids is 1. The van der Waals surface area contributed by atoms with Crippen LogP contribution >= 0.6 is 23.2 Å². The minimum Gasteiger partial charge on any atom is -0.369 e. The summed E-state index contributed by atoms with van der Waals surface area (Å²) in [5, 5.41) is 4.89. The minimum atomic E-state index is -0.170. The summed E-state index contributed by atoms with van der Waals surface area (Å²) in [5.74, 6) is -0.121. The van der Waals surface area contributed by atoms with Crippen LogP contribution in [0, 0.1) is 5.92 Å². The number of hydrogen-bond acceptors (Lipinski definition) is 2. The second-order valence-corrected chi connectivity index (χ2v) is 5.91. The van der Waals surface area contributed by atoms with Crippen LogP contribution in [0.1, 0.15) is 31.2 Å². The number of halogens is 2. The molecule has 104 valence electrons. The van der Waals surface area contributed by atoms with Gasteiger partial charge in [0.05, 0.1) is 0 Å². The summed E-state index contributed by atoms with van der Waals surface area (Å²) in [5.41, 5.74) is 6.33. The molecule has 3 nitrogen and oxygen atoms in total. The molecule has 0 radical (unpaired) electrons. The van der Waals surface area contributed by atoms with Gasteiger partial charge in [-0.1, -0.05) is 23.2 Å². The van der Waals surface area contributed by atoms with Gasteiger partial charge in [-0.3, -0.25) is 4.79 Å². The van der Waals surface area contributed by atoms with Gasteiger partial charge in [0.25, 0.3) is 0 Å². The van der Waals surface area contributed by atoms with Crippen LogP contribution in [0.3, 0.4) is 0 Å². The molecule has 19 heavy (non-hydrogen) atoms. The predicted molar refractivity (Wildman–Crippen MR) is 78.2 cm³/mol. The number of nitrogens with two attached hydrogens (primary N) is 1. The quantitative estimate of drug-likeness (QED) is 0.897. The molecule has 5 heteroatoms. The fourth-order valence-electron chi connectivity index (χ4n) is 2.52. The normalized spacial score (nSPS) is 23.3. The van der Waals surface area contributed by atoms with Crippen LogP contribution in [0.15, 0.2) is 18.2 Å². The Labute approximate surface area is 123 Å². The van der Waals surface area contributed by atoms with E-state index in [0.29, 0.717) is 17.6 Å². The molecule has 1 aliphatic rings. The molecule has 1 amide bonds. The van der Waals surface area contributed by atoms with Crippen LogP contribution in [0.5, 0.6) is 0 Å². The Hall–Kier alpha value is -0.770. The third kappa shape index (κ3) is 4.10. The number of benzene rings is 1. The molecule has 0 heterocycles. The van der Waals surface area contributed by atoms with Gasteiger partial charge >= 0.3 is 0 Å². The lowest BCUT2D eigenvalue weighted by Gasteiger charge is -2.27. The Kier molecular flexibility index (Phi) is 5.08. The van der Waals surface area contributed by atoms with Crippen molar-refractivity contribution < 1.29 is 4.79 Å². The van der Waals surface area contributed by atoms with E-state index in [2.05, 4.69) is 5.32 Å². The molecule has 2 rings (SSSR count). The molecule has 1 aromatic rings. The molecule has 1 saturated carbocycles. The number of rotatable bonds is 4. The first kappa shape index (κ1) is 14.6. The average molecular weight is 301 g/mol. The summed E-state index contributed by atoms with van der Waals surface area (Å²) in [6, 6.07) is 5.90. The summed E-state index contributed by atoms with van der Waals surface area (Å²) in [4.78, 5) is 11.1. The van der Waals surface area contributed by atoms with E-state index in [4.69, 9.17) is 28.9 Å². The summed E-state index contributed by atoms with van der Waals surface area (Å²) in [6.07, 6.45) is 3.70. The van der Waals surface area contributed by atoms with Crippen LogP contribution in [0.25, 0.3) is 0 Å². The van der Waals surface area contributed by atoms with Gasteiger partial charge < -0.3 is 11.1 Å². The zero-order valence-corrected chi connectivity index (χ0v) is 12.2. The van der Waals surface area contributed by atoms with Crippen molar-refractivity contribution in [2.45, 2.75) is 38.3 Å². The molecular formula is C14H18Cl2N2O. The Bertz CT molecular complexity index is 457. The summed E-state index contributed by atoms with van der Waals surface area (Å²) >= 11 is 12.1. The SMILES string of the molecule is NC(=O)C1CCC(NCc2cc(Cl)ccc2Cl)CC1. The Morgan fingerprint density at radius 1 is 1.26 bits per heavy atom. The standard InChI is InChI=1S/C14H18Cl2N2O/c15-11-3-6-13(16)10(7-11)8-18-12-4-1-9(2-5-12)14(17)19/h3,6-7,9,12,18H,1-2,4-5,8H2,(H2,17,19). The van der Waals surface area contributed by atoms with Crippen molar-refractivity contribution in [2.75, 3.05) is 0 Å². The lowest BCUT2D eigenvalue weighted by molar-refractivity contribution is -0.122. The molecule has 1 fully saturated rings. The fourth-order valence-corrected chi connectivity index (χ4v) is 2.89. The van der Waals surface area contributed by atoms with E-state index in [0.717, 1.165) is 36.3 Å². The second-order valence-electron chi connectivity index (χ2n) is 5.07. The monoisotopic (exact) mass is 300 g/mol. The van der Waals surface area contributed by atoms with E-state index in [1.165, 1.54) is 0 Å². The summed E-state index contributed by atoms with van der Waals surface area (Å²) in [7, 11) is 0. The van der Waals surface area contributed by atoms with Crippen molar-refractivity contribution in [3.8, 4) is 0 Å². The Morgan fingerprint density at radius 2 is 1.95 bits per heavy atom. The molecule has 1 aromatic carbocycles. The molecule has 0 aromatic heterocycles. The largest absolute Gasteiger partial charge is 0.369 e. The van der Waals surface area contributed by atoms with Crippen molar-refractivity contribution in [1.29, 1.82) is 0 Å². The van der Waals surface area contributed by atoms with Crippen molar-refractivity contribution in [3.05, 3.63) is 33.8 Å². The van der Waals surface area contributed by atoms with Gasteiger partial charge in [-0.2, -0.15) is 0 Å². The van der Waals surface area contributed by atoms with Crippen LogP contribution < -0.4 is 11.1 Å². The molecule has 3 N–H and O–H groups in total. The van der Waals surface area contributed by atoms with Crippen LogP contribution in [0.4, 0.5) is 0 Å². The van der Waals surface area contributed by atoms with Gasteiger partial charge in [-0.25, -0.2) is 0 Å². The third-order valence-corrected chi connectivity index (χ3v) is 4.32. The number of amides is 1. The van der Waals surface area contributed by atoms with Gasteiger partial charge in [-0.15, -0.1) is 0 Å². The zero-order valence-electron chi connectivity index (χ0n) is 10.7. The van der Waals surface area contributed by atoms with E-state index >= 15 is 0 Å². The number of primary amides is 1. The van der Waals surface area contributed by atoms with Crippen molar-refractivity contribution in [2.24, 2.45) is 11.7 Å². The molecule has 0 spiro atoms. The smallest absolute Gasteiger partial charge is 0.220 e. The molecule has 0 unspecified atom stereocenters. The van der Waals surface area contributed by atoms with Crippen molar-refractivity contribution >= 4 is 29.1 Å². The topological polar surface area (TPSA) is 55.1 Å². The second kappa shape index (κ2) is 6.60. The molecule has 0 bridgehead atoms. The first-order valence-electron chi connectivity index (χ1n) is 6.53. The number of nitrogens with one attached hydrogen (secondary N) is 1. The maximum absolute atomic E-state index is 11.1. The first-order valence-corrected chi connectivity index (χ1v) is 7.28. The highest BCUT2D eigenvalue weighted by Crippen LogP contribution is 2.25. The summed E-state index contributed by atoms with van der Waals surface area (Å²) < 4.78 is 0. The predicted octanol–water partition coefficient (Wildman–Crippen LogP) is 3.13. The maximum atomic E-state index is 11.1. The van der Waals surface area contributed by atoms with Gasteiger partial charge in [-0.05, 0) is 49.4 Å². The molecule has 1 aliphatic carbocycles. The minimum absolute atomic E-state index is 0.0489. The lowest BCUT2D eigenvalue weighted by Crippen LogP contribution is -2.36. The Balaban J connectivity index is 1.83. The molecular weight excluding hydrogens is 283 g/mol. The van der Waals surface area contributed by atoms with E-state index < -0.39 is 0 Å². The number of carbonyl (C=O) groups is 1.